The third kappa shape index (κ3) is 5.96. The van der Waals surface area contributed by atoms with Gasteiger partial charge in [-0.3, -0.25) is 14.2 Å². The fraction of sp³-hybridized carbons (Fsp3) is 0.545. The number of ether oxygens (including phenoxy) is 1. The van der Waals surface area contributed by atoms with Crippen molar-refractivity contribution in [3.63, 3.8) is 0 Å². The fourth-order valence-corrected chi connectivity index (χ4v) is 3.66. The van der Waals surface area contributed by atoms with E-state index in [1.807, 2.05) is 24.3 Å². The summed E-state index contributed by atoms with van der Waals surface area (Å²) in [5.41, 5.74) is 0.842. The standard InChI is InChI=1S/C22H29N5O4/c28-20(14-27-22(30)26-13-3-1-2-4-19(26)25-27)23-12-11-16-5-9-18(10-6-16)31-15-21(29)24-17-7-8-17/h5-6,9-10,17H,1-4,7-8,11-15H2,(H,23,28)(H,24,29). The molecule has 0 spiro atoms. The predicted octanol–water partition coefficient (Wildman–Crippen LogP) is 0.788. The minimum Gasteiger partial charge on any atom is -0.484 e. The smallest absolute Gasteiger partial charge is 0.346 e. The summed E-state index contributed by atoms with van der Waals surface area (Å²) in [6, 6.07) is 7.79. The monoisotopic (exact) mass is 427 g/mol. The van der Waals surface area contributed by atoms with Crippen LogP contribution >= 0.6 is 0 Å². The number of carbonyl (C=O) groups excluding carboxylic acids is 2. The van der Waals surface area contributed by atoms with Crippen molar-refractivity contribution in [3.05, 3.63) is 46.1 Å². The summed E-state index contributed by atoms with van der Waals surface area (Å²) in [7, 11) is 0. The van der Waals surface area contributed by atoms with Crippen LogP contribution in [0.15, 0.2) is 29.1 Å². The summed E-state index contributed by atoms with van der Waals surface area (Å²) in [4.78, 5) is 36.3. The van der Waals surface area contributed by atoms with Crippen LogP contribution in [0.5, 0.6) is 5.75 Å². The Kier molecular flexibility index (Phi) is 6.69. The molecule has 4 rings (SSSR count). The van der Waals surface area contributed by atoms with Gasteiger partial charge in [0.2, 0.25) is 5.91 Å². The van der Waals surface area contributed by atoms with Gasteiger partial charge in [0.25, 0.3) is 5.91 Å². The van der Waals surface area contributed by atoms with Crippen molar-refractivity contribution in [2.24, 2.45) is 0 Å². The minimum absolute atomic E-state index is 0.0166. The molecule has 0 unspecified atom stereocenters. The molecule has 2 amide bonds. The van der Waals surface area contributed by atoms with Crippen LogP contribution in [-0.2, 0) is 35.5 Å². The average Bonchev–Trinajstić information content (AvgIpc) is 3.56. The van der Waals surface area contributed by atoms with Gasteiger partial charge in [-0.1, -0.05) is 18.6 Å². The van der Waals surface area contributed by atoms with Crippen molar-refractivity contribution in [1.82, 2.24) is 25.0 Å². The molecular weight excluding hydrogens is 398 g/mol. The van der Waals surface area contributed by atoms with E-state index in [4.69, 9.17) is 4.74 Å². The lowest BCUT2D eigenvalue weighted by molar-refractivity contribution is -0.123. The van der Waals surface area contributed by atoms with E-state index in [1.54, 1.807) is 4.57 Å². The molecule has 9 nitrogen and oxygen atoms in total. The lowest BCUT2D eigenvalue weighted by Gasteiger charge is -2.08. The Labute approximate surface area is 180 Å². The van der Waals surface area contributed by atoms with E-state index in [1.165, 1.54) is 4.68 Å². The first-order valence-electron chi connectivity index (χ1n) is 11.0. The van der Waals surface area contributed by atoms with Crippen LogP contribution in [0.4, 0.5) is 0 Å². The molecule has 1 aliphatic heterocycles. The molecule has 0 saturated heterocycles. The molecule has 2 heterocycles. The summed E-state index contributed by atoms with van der Waals surface area (Å²) in [6.07, 6.45) is 6.65. The summed E-state index contributed by atoms with van der Waals surface area (Å²) >= 11 is 0. The Bertz CT molecular complexity index is 975. The number of fused-ring (bicyclic) bond motifs is 1. The van der Waals surface area contributed by atoms with Crippen molar-refractivity contribution in [3.8, 4) is 5.75 Å². The van der Waals surface area contributed by atoms with Gasteiger partial charge in [-0.25, -0.2) is 9.48 Å². The second-order valence-corrected chi connectivity index (χ2v) is 8.19. The first-order chi connectivity index (χ1) is 15.1. The van der Waals surface area contributed by atoms with Gasteiger partial charge in [0.05, 0.1) is 0 Å². The molecule has 2 N–H and O–H groups in total. The molecule has 2 aliphatic rings. The van der Waals surface area contributed by atoms with Crippen LogP contribution in [0.3, 0.4) is 0 Å². The molecule has 0 radical (unpaired) electrons. The maximum Gasteiger partial charge on any atom is 0.346 e. The van der Waals surface area contributed by atoms with Crippen molar-refractivity contribution in [2.45, 2.75) is 64.1 Å². The van der Waals surface area contributed by atoms with Crippen LogP contribution < -0.4 is 21.1 Å². The molecule has 31 heavy (non-hydrogen) atoms. The number of rotatable bonds is 9. The third-order valence-corrected chi connectivity index (χ3v) is 5.55. The molecule has 1 saturated carbocycles. The second-order valence-electron chi connectivity index (χ2n) is 8.19. The van der Waals surface area contributed by atoms with E-state index < -0.39 is 0 Å². The number of nitrogens with one attached hydrogen (secondary N) is 2. The topological polar surface area (TPSA) is 107 Å². The molecular formula is C22H29N5O4. The van der Waals surface area contributed by atoms with Crippen molar-refractivity contribution in [1.29, 1.82) is 0 Å². The number of aryl methyl sites for hydroxylation is 1. The minimum atomic E-state index is -0.225. The Morgan fingerprint density at radius 1 is 1.10 bits per heavy atom. The summed E-state index contributed by atoms with van der Waals surface area (Å²) in [6.45, 7) is 1.10. The van der Waals surface area contributed by atoms with E-state index >= 15 is 0 Å². The number of benzene rings is 1. The molecule has 166 valence electrons. The van der Waals surface area contributed by atoms with E-state index in [-0.39, 0.29) is 30.7 Å². The van der Waals surface area contributed by atoms with Crippen LogP contribution in [0, 0.1) is 0 Å². The summed E-state index contributed by atoms with van der Waals surface area (Å²) in [5.74, 6) is 1.10. The SMILES string of the molecule is O=C(Cn1nc2n(c1=O)CCCCC2)NCCc1ccc(OCC(=O)NC2CC2)cc1. The molecule has 0 bridgehead atoms. The number of amides is 2. The maximum absolute atomic E-state index is 12.4. The van der Waals surface area contributed by atoms with Crippen molar-refractivity contribution >= 4 is 11.8 Å². The zero-order chi connectivity index (χ0) is 21.6. The van der Waals surface area contributed by atoms with Gasteiger partial charge in [-0.2, -0.15) is 5.10 Å². The summed E-state index contributed by atoms with van der Waals surface area (Å²) < 4.78 is 8.45. The highest BCUT2D eigenvalue weighted by molar-refractivity contribution is 5.78. The molecule has 1 aromatic heterocycles. The number of hydrogen-bond donors (Lipinski definition) is 2. The average molecular weight is 428 g/mol. The Morgan fingerprint density at radius 3 is 2.68 bits per heavy atom. The molecule has 9 heteroatoms. The van der Waals surface area contributed by atoms with Crippen molar-refractivity contribution in [2.75, 3.05) is 13.2 Å². The van der Waals surface area contributed by atoms with E-state index in [0.29, 0.717) is 31.3 Å². The van der Waals surface area contributed by atoms with Gasteiger partial charge >= 0.3 is 5.69 Å². The largest absolute Gasteiger partial charge is 0.484 e. The van der Waals surface area contributed by atoms with Crippen LogP contribution in [0.25, 0.3) is 0 Å². The summed E-state index contributed by atoms with van der Waals surface area (Å²) in [5, 5.41) is 10.1. The van der Waals surface area contributed by atoms with E-state index in [9.17, 15) is 14.4 Å². The number of hydrogen-bond acceptors (Lipinski definition) is 5. The lowest BCUT2D eigenvalue weighted by Crippen LogP contribution is -2.34. The Hall–Kier alpha value is -3.10. The van der Waals surface area contributed by atoms with Gasteiger partial charge < -0.3 is 15.4 Å². The molecule has 2 aromatic rings. The molecule has 0 atom stereocenters. The highest BCUT2D eigenvalue weighted by Gasteiger charge is 2.23. The normalized spacial score (nSPS) is 15.6. The highest BCUT2D eigenvalue weighted by atomic mass is 16.5. The van der Waals surface area contributed by atoms with E-state index in [0.717, 1.165) is 49.9 Å². The van der Waals surface area contributed by atoms with Gasteiger partial charge in [-0.15, -0.1) is 0 Å². The lowest BCUT2D eigenvalue weighted by atomic mass is 10.1. The second kappa shape index (κ2) is 9.80. The first kappa shape index (κ1) is 21.1. The third-order valence-electron chi connectivity index (χ3n) is 5.55. The number of aromatic nitrogens is 3. The predicted molar refractivity (Wildman–Crippen MR) is 114 cm³/mol. The molecule has 1 fully saturated rings. The fourth-order valence-electron chi connectivity index (χ4n) is 3.66. The van der Waals surface area contributed by atoms with Crippen molar-refractivity contribution < 1.29 is 14.3 Å². The Morgan fingerprint density at radius 2 is 1.90 bits per heavy atom. The zero-order valence-electron chi connectivity index (χ0n) is 17.6. The number of nitrogens with zero attached hydrogens (tertiary/aromatic N) is 3. The van der Waals surface area contributed by atoms with Gasteiger partial charge in [0, 0.05) is 25.6 Å². The van der Waals surface area contributed by atoms with Gasteiger partial charge in [-0.05, 0) is 49.8 Å². The molecule has 1 aromatic carbocycles. The van der Waals surface area contributed by atoms with E-state index in [2.05, 4.69) is 15.7 Å². The van der Waals surface area contributed by atoms with Crippen LogP contribution in [0.1, 0.15) is 43.5 Å². The highest BCUT2D eigenvalue weighted by Crippen LogP contribution is 2.18. The maximum atomic E-state index is 12.4. The number of carbonyl (C=O) groups is 2. The Balaban J connectivity index is 1.19. The zero-order valence-corrected chi connectivity index (χ0v) is 17.6. The van der Waals surface area contributed by atoms with Crippen LogP contribution in [0.2, 0.25) is 0 Å². The van der Waals surface area contributed by atoms with Gasteiger partial charge in [0.1, 0.15) is 18.1 Å². The molecule has 1 aliphatic carbocycles. The van der Waals surface area contributed by atoms with Gasteiger partial charge in [0.15, 0.2) is 6.61 Å². The first-order valence-corrected chi connectivity index (χ1v) is 11.0. The van der Waals surface area contributed by atoms with Crippen LogP contribution in [-0.4, -0.2) is 45.4 Å². The quantitative estimate of drug-likeness (QED) is 0.615.